The van der Waals surface area contributed by atoms with Gasteiger partial charge in [0.2, 0.25) is 0 Å². The lowest BCUT2D eigenvalue weighted by Crippen LogP contribution is -1.83. The van der Waals surface area contributed by atoms with Crippen molar-refractivity contribution in [3.63, 3.8) is 0 Å². The van der Waals surface area contributed by atoms with E-state index < -0.39 is 0 Å². The topological polar surface area (TPSA) is 20.2 Å². The van der Waals surface area contributed by atoms with Crippen molar-refractivity contribution in [2.45, 2.75) is 71.6 Å². The minimum atomic E-state index is 0.351. The fourth-order valence-electron chi connectivity index (χ4n) is 1.87. The average molecular weight is 264 g/mol. The maximum atomic E-state index is 8.65. The molecule has 0 rings (SSSR count). The summed E-state index contributed by atoms with van der Waals surface area (Å²) in [4.78, 5) is 0. The van der Waals surface area contributed by atoms with Crippen LogP contribution in [-0.2, 0) is 0 Å². The normalized spacial score (nSPS) is 11.5. The molecule has 0 atom stereocenters. The van der Waals surface area contributed by atoms with Gasteiger partial charge in [0.05, 0.1) is 0 Å². The summed E-state index contributed by atoms with van der Waals surface area (Å²) in [7, 11) is 0. The molecular weight excluding hydrogens is 232 g/mol. The van der Waals surface area contributed by atoms with Crippen molar-refractivity contribution in [3.05, 3.63) is 36.0 Å². The van der Waals surface area contributed by atoms with E-state index in [1.165, 1.54) is 44.1 Å². The molecule has 19 heavy (non-hydrogen) atoms. The molecule has 0 radical (unpaired) electrons. The van der Waals surface area contributed by atoms with Crippen LogP contribution in [0.25, 0.3) is 0 Å². The molecule has 1 N–H and O–H groups in total. The van der Waals surface area contributed by atoms with Crippen molar-refractivity contribution in [2.24, 2.45) is 0 Å². The molecule has 0 aromatic carbocycles. The molecule has 0 amide bonds. The number of rotatable bonds is 12. The van der Waals surface area contributed by atoms with E-state index in [-0.39, 0.29) is 0 Å². The van der Waals surface area contributed by atoms with Gasteiger partial charge >= 0.3 is 0 Å². The van der Waals surface area contributed by atoms with E-state index >= 15 is 0 Å². The van der Waals surface area contributed by atoms with Crippen molar-refractivity contribution < 1.29 is 5.11 Å². The van der Waals surface area contributed by atoms with E-state index in [2.05, 4.69) is 44.2 Å². The molecule has 0 saturated carbocycles. The van der Waals surface area contributed by atoms with Crippen LogP contribution in [0.1, 0.15) is 71.6 Å². The van der Waals surface area contributed by atoms with Crippen molar-refractivity contribution >= 4 is 0 Å². The van der Waals surface area contributed by atoms with Gasteiger partial charge in [-0.15, -0.1) is 0 Å². The first-order chi connectivity index (χ1) is 9.27. The Kier molecular flexibility index (Phi) is 14.6. The first-order valence-corrected chi connectivity index (χ1v) is 7.81. The Morgan fingerprint density at radius 3 is 2.00 bits per heavy atom. The Balaban J connectivity index is 3.23. The zero-order chi connectivity index (χ0) is 14.2. The highest BCUT2D eigenvalue weighted by molar-refractivity contribution is 5.00. The number of aliphatic hydroxyl groups excluding tert-OH is 1. The first-order valence-electron chi connectivity index (χ1n) is 7.81. The summed E-state index contributed by atoms with van der Waals surface area (Å²) in [6.07, 6.45) is 22.0. The van der Waals surface area contributed by atoms with Crippen molar-refractivity contribution in [2.75, 3.05) is 6.61 Å². The third kappa shape index (κ3) is 17.2. The van der Waals surface area contributed by atoms with Crippen LogP contribution in [0.15, 0.2) is 36.0 Å². The Hall–Kier alpha value is -0.820. The molecule has 1 heteroatoms. The van der Waals surface area contributed by atoms with E-state index in [1.807, 2.05) is 0 Å². The molecule has 0 aromatic heterocycles. The van der Waals surface area contributed by atoms with E-state index in [1.54, 1.807) is 0 Å². The lowest BCUT2D eigenvalue weighted by Gasteiger charge is -1.98. The molecule has 0 aliphatic heterocycles. The molecule has 0 spiro atoms. The highest BCUT2D eigenvalue weighted by Gasteiger charge is 1.89. The fraction of sp³-hybridized carbons (Fsp3) is 0.667. The Morgan fingerprint density at radius 1 is 0.737 bits per heavy atom. The second-order valence-electron chi connectivity index (χ2n) is 5.33. The van der Waals surface area contributed by atoms with Crippen LogP contribution in [0.2, 0.25) is 0 Å². The van der Waals surface area contributed by atoms with Gasteiger partial charge in [0.1, 0.15) is 0 Å². The number of unbranched alkanes of at least 4 members (excludes halogenated alkanes) is 6. The summed E-state index contributed by atoms with van der Waals surface area (Å²) in [5, 5.41) is 8.65. The van der Waals surface area contributed by atoms with Crippen molar-refractivity contribution in [1.82, 2.24) is 0 Å². The Labute approximate surface area is 120 Å². The fourth-order valence-corrected chi connectivity index (χ4v) is 1.87. The Bertz CT molecular complexity index is 257. The molecule has 0 aliphatic rings. The first kappa shape index (κ1) is 18.2. The summed E-state index contributed by atoms with van der Waals surface area (Å²) >= 11 is 0. The Morgan fingerprint density at radius 2 is 1.32 bits per heavy atom. The molecule has 0 saturated heterocycles. The summed E-state index contributed by atoms with van der Waals surface area (Å²) in [6, 6.07) is 0. The minimum Gasteiger partial charge on any atom is -0.396 e. The summed E-state index contributed by atoms with van der Waals surface area (Å²) < 4.78 is 0. The largest absolute Gasteiger partial charge is 0.396 e. The highest BCUT2D eigenvalue weighted by atomic mass is 16.2. The number of hydrogen-bond acceptors (Lipinski definition) is 1. The zero-order valence-electron chi connectivity index (χ0n) is 12.9. The van der Waals surface area contributed by atoms with Gasteiger partial charge < -0.3 is 5.11 Å². The smallest absolute Gasteiger partial charge is 0.0431 e. The van der Waals surface area contributed by atoms with E-state index in [0.717, 1.165) is 19.3 Å². The van der Waals surface area contributed by atoms with Crippen LogP contribution in [0.5, 0.6) is 0 Å². The third-order valence-corrected chi connectivity index (χ3v) is 3.05. The van der Waals surface area contributed by atoms with Gasteiger partial charge in [-0.3, -0.25) is 0 Å². The minimum absolute atomic E-state index is 0.351. The van der Waals surface area contributed by atoms with Gasteiger partial charge in [0, 0.05) is 6.61 Å². The molecule has 0 aromatic rings. The zero-order valence-corrected chi connectivity index (χ0v) is 12.9. The monoisotopic (exact) mass is 264 g/mol. The predicted molar refractivity (Wildman–Crippen MR) is 86.3 cm³/mol. The van der Waals surface area contributed by atoms with Crippen molar-refractivity contribution in [1.29, 1.82) is 0 Å². The quantitative estimate of drug-likeness (QED) is 0.361. The summed E-state index contributed by atoms with van der Waals surface area (Å²) in [5.74, 6) is 0. The molecule has 0 fully saturated rings. The van der Waals surface area contributed by atoms with E-state index in [0.29, 0.717) is 6.61 Å². The van der Waals surface area contributed by atoms with Gasteiger partial charge in [-0.1, -0.05) is 61.6 Å². The van der Waals surface area contributed by atoms with Gasteiger partial charge in [-0.2, -0.15) is 0 Å². The molecular formula is C18H32O. The van der Waals surface area contributed by atoms with Crippen LogP contribution < -0.4 is 0 Å². The van der Waals surface area contributed by atoms with Gasteiger partial charge in [0.15, 0.2) is 0 Å². The maximum absolute atomic E-state index is 8.65. The predicted octanol–water partition coefficient (Wildman–Crippen LogP) is 5.57. The second kappa shape index (κ2) is 15.2. The van der Waals surface area contributed by atoms with Gasteiger partial charge in [-0.25, -0.2) is 0 Å². The van der Waals surface area contributed by atoms with Crippen LogP contribution >= 0.6 is 0 Å². The second-order valence-corrected chi connectivity index (χ2v) is 5.33. The maximum Gasteiger partial charge on any atom is 0.0431 e. The van der Waals surface area contributed by atoms with Gasteiger partial charge in [0.25, 0.3) is 0 Å². The number of allylic oxidation sites excluding steroid dienone is 6. The summed E-state index contributed by atoms with van der Waals surface area (Å²) in [5.41, 5.74) is 1.39. The van der Waals surface area contributed by atoms with Crippen LogP contribution in [0.4, 0.5) is 0 Å². The number of hydrogen-bond donors (Lipinski definition) is 1. The number of aliphatic hydroxyl groups is 1. The molecule has 0 heterocycles. The van der Waals surface area contributed by atoms with E-state index in [9.17, 15) is 0 Å². The third-order valence-electron chi connectivity index (χ3n) is 3.05. The van der Waals surface area contributed by atoms with Crippen LogP contribution in [0, 0.1) is 0 Å². The SMILES string of the molecule is CC(C)=CCC=CCC=CCCCCCCCCO. The van der Waals surface area contributed by atoms with Crippen LogP contribution in [-0.4, -0.2) is 11.7 Å². The molecule has 1 nitrogen and oxygen atoms in total. The standard InChI is InChI=1S/C18H32O/c1-18(2)16-14-12-10-8-6-4-3-5-7-9-11-13-15-17-19/h4,6,10,12,16,19H,3,5,7-9,11,13-15,17H2,1-2H3. The lowest BCUT2D eigenvalue weighted by atomic mass is 10.1. The van der Waals surface area contributed by atoms with Gasteiger partial charge in [-0.05, 0) is 46.0 Å². The molecule has 110 valence electrons. The molecule has 0 bridgehead atoms. The summed E-state index contributed by atoms with van der Waals surface area (Å²) in [6.45, 7) is 4.62. The molecule has 0 unspecified atom stereocenters. The van der Waals surface area contributed by atoms with Crippen LogP contribution in [0.3, 0.4) is 0 Å². The average Bonchev–Trinajstić information content (AvgIpc) is 2.39. The highest BCUT2D eigenvalue weighted by Crippen LogP contribution is 2.07. The lowest BCUT2D eigenvalue weighted by molar-refractivity contribution is 0.282. The van der Waals surface area contributed by atoms with E-state index in [4.69, 9.17) is 5.11 Å². The molecule has 0 aliphatic carbocycles. The van der Waals surface area contributed by atoms with Crippen molar-refractivity contribution in [3.8, 4) is 0 Å².